The monoisotopic (exact) mass is 665 g/mol. The first kappa shape index (κ1) is 34.3. The van der Waals surface area contributed by atoms with Crippen LogP contribution in [0.5, 0.6) is 0 Å². The van der Waals surface area contributed by atoms with Crippen LogP contribution in [0, 0.1) is 0 Å². The molecule has 11 heteroatoms. The van der Waals surface area contributed by atoms with E-state index in [2.05, 4.69) is 10.0 Å². The SMILES string of the molecule is CO[C@H]1O[C@@H]([C@@H](N=[N+]=[N-])C(=O)OCc2ccccc2)[C@@H](OCc2ccccc2)[C@@]2(OCc3ccccc3)[C@@H](OCc3ccccc3)CO[C@@H]12. The van der Waals surface area contributed by atoms with Gasteiger partial charge in [-0.25, -0.2) is 0 Å². The van der Waals surface area contributed by atoms with Crippen LogP contribution in [0.2, 0.25) is 0 Å². The Bertz CT molecular complexity index is 1660. The Labute approximate surface area is 285 Å². The first-order valence-electron chi connectivity index (χ1n) is 16.2. The maximum absolute atomic E-state index is 13.8. The van der Waals surface area contributed by atoms with Gasteiger partial charge in [-0.05, 0) is 27.8 Å². The highest BCUT2D eigenvalue weighted by Crippen LogP contribution is 2.47. The van der Waals surface area contributed by atoms with Gasteiger partial charge in [0.1, 0.15) is 31.0 Å². The van der Waals surface area contributed by atoms with Crippen LogP contribution >= 0.6 is 0 Å². The predicted octanol–water partition coefficient (Wildman–Crippen LogP) is 6.31. The minimum atomic E-state index is -1.47. The Morgan fingerprint density at radius 3 is 1.84 bits per heavy atom. The molecule has 0 aliphatic carbocycles. The molecule has 0 amide bonds. The van der Waals surface area contributed by atoms with Gasteiger partial charge in [0, 0.05) is 12.0 Å². The third-order valence-corrected chi connectivity index (χ3v) is 8.74. The molecule has 7 atom stereocenters. The lowest BCUT2D eigenvalue weighted by atomic mass is 9.78. The fourth-order valence-electron chi connectivity index (χ4n) is 6.34. The third kappa shape index (κ3) is 8.01. The van der Waals surface area contributed by atoms with Crippen LogP contribution in [0.25, 0.3) is 10.4 Å². The zero-order chi connectivity index (χ0) is 33.9. The molecule has 0 unspecified atom stereocenters. The Hall–Kier alpha value is -4.58. The minimum Gasteiger partial charge on any atom is -0.460 e. The quantitative estimate of drug-likeness (QED) is 0.0626. The summed E-state index contributed by atoms with van der Waals surface area (Å²) in [5, 5.41) is 3.92. The molecule has 0 bridgehead atoms. The molecule has 2 saturated heterocycles. The molecule has 0 saturated carbocycles. The van der Waals surface area contributed by atoms with Crippen molar-refractivity contribution >= 4 is 5.97 Å². The zero-order valence-corrected chi connectivity index (χ0v) is 27.2. The number of esters is 1. The van der Waals surface area contributed by atoms with Gasteiger partial charge in [-0.3, -0.25) is 4.79 Å². The molecule has 2 fully saturated rings. The molecule has 0 radical (unpaired) electrons. The number of azide groups is 1. The summed E-state index contributed by atoms with van der Waals surface area (Å²) in [7, 11) is 1.48. The van der Waals surface area contributed by atoms with Gasteiger partial charge in [-0.1, -0.05) is 126 Å². The highest BCUT2D eigenvalue weighted by molar-refractivity contribution is 5.77. The fourth-order valence-corrected chi connectivity index (χ4v) is 6.34. The average molecular weight is 666 g/mol. The largest absolute Gasteiger partial charge is 0.460 e. The highest BCUT2D eigenvalue weighted by atomic mass is 16.7. The van der Waals surface area contributed by atoms with Crippen molar-refractivity contribution in [1.82, 2.24) is 0 Å². The van der Waals surface area contributed by atoms with Crippen molar-refractivity contribution in [2.45, 2.75) is 68.8 Å². The molecule has 2 aliphatic heterocycles. The number of methoxy groups -OCH3 is 1. The molecule has 2 aliphatic rings. The molecule has 49 heavy (non-hydrogen) atoms. The average Bonchev–Trinajstić information content (AvgIpc) is 3.54. The van der Waals surface area contributed by atoms with Crippen LogP contribution in [0.3, 0.4) is 0 Å². The lowest BCUT2D eigenvalue weighted by Gasteiger charge is -2.52. The number of hydrogen-bond donors (Lipinski definition) is 0. The van der Waals surface area contributed by atoms with E-state index in [9.17, 15) is 10.3 Å². The molecule has 0 N–H and O–H groups in total. The van der Waals surface area contributed by atoms with Gasteiger partial charge < -0.3 is 33.2 Å². The van der Waals surface area contributed by atoms with E-state index in [1.807, 2.05) is 121 Å². The van der Waals surface area contributed by atoms with Gasteiger partial charge in [0.15, 0.2) is 17.9 Å². The predicted molar refractivity (Wildman–Crippen MR) is 179 cm³/mol. The van der Waals surface area contributed by atoms with E-state index in [4.69, 9.17) is 33.2 Å². The van der Waals surface area contributed by atoms with Gasteiger partial charge in [0.25, 0.3) is 0 Å². The summed E-state index contributed by atoms with van der Waals surface area (Å²) in [5.74, 6) is -0.785. The number of fused-ring (bicyclic) bond motifs is 1. The second kappa shape index (κ2) is 16.7. The maximum Gasteiger partial charge on any atom is 0.318 e. The second-order valence-electron chi connectivity index (χ2n) is 11.8. The summed E-state index contributed by atoms with van der Waals surface area (Å²) in [4.78, 5) is 16.9. The molecule has 4 aromatic rings. The maximum atomic E-state index is 13.8. The second-order valence-corrected chi connectivity index (χ2v) is 11.8. The number of carbonyl (C=O) groups is 1. The van der Waals surface area contributed by atoms with E-state index >= 15 is 0 Å². The van der Waals surface area contributed by atoms with Crippen LogP contribution in [-0.2, 0) is 64.4 Å². The number of ether oxygens (including phenoxy) is 7. The zero-order valence-electron chi connectivity index (χ0n) is 27.2. The Kier molecular flexibility index (Phi) is 11.7. The lowest BCUT2D eigenvalue weighted by Crippen LogP contribution is -2.72. The molecule has 11 nitrogen and oxygen atoms in total. The van der Waals surface area contributed by atoms with Gasteiger partial charge in [-0.2, -0.15) is 0 Å². The Balaban J connectivity index is 1.41. The van der Waals surface area contributed by atoms with Crippen molar-refractivity contribution < 1.29 is 38.0 Å². The summed E-state index contributed by atoms with van der Waals surface area (Å²) >= 11 is 0. The van der Waals surface area contributed by atoms with Gasteiger partial charge in [0.05, 0.1) is 26.4 Å². The standard InChI is InChI=1S/C38H39N3O8/c1-43-37-35-38(48-25-30-20-12-5-13-21-30,31(26-46-35)44-22-27-14-6-2-7-15-27)34(45-23-28-16-8-3-9-17-28)33(49-37)32(40-41-39)36(42)47-24-29-18-10-4-11-19-29/h2-21,31-35,37H,22-26H2,1H3/t31-,32+,33-,34+,35-,37-,38-/m0/s1. The topological polar surface area (TPSA) is 130 Å². The smallest absolute Gasteiger partial charge is 0.318 e. The normalized spacial score (nSPS) is 25.1. The van der Waals surface area contributed by atoms with Gasteiger partial charge in [-0.15, -0.1) is 0 Å². The summed E-state index contributed by atoms with van der Waals surface area (Å²) in [5.41, 5.74) is 11.8. The summed E-state index contributed by atoms with van der Waals surface area (Å²) < 4.78 is 44.7. The first-order chi connectivity index (χ1) is 24.1. The van der Waals surface area contributed by atoms with Crippen molar-refractivity contribution in [3.8, 4) is 0 Å². The van der Waals surface area contributed by atoms with Crippen LogP contribution in [0.1, 0.15) is 22.3 Å². The number of carbonyl (C=O) groups excluding carboxylic acids is 1. The molecular formula is C38H39N3O8. The lowest BCUT2D eigenvalue weighted by molar-refractivity contribution is -0.342. The molecule has 4 aromatic carbocycles. The van der Waals surface area contributed by atoms with Crippen LogP contribution in [-0.4, -0.2) is 62.0 Å². The van der Waals surface area contributed by atoms with E-state index in [-0.39, 0.29) is 33.0 Å². The van der Waals surface area contributed by atoms with Gasteiger partial charge >= 0.3 is 5.97 Å². The molecule has 6 rings (SSSR count). The Morgan fingerprint density at radius 1 is 0.796 bits per heavy atom. The molecule has 0 aromatic heterocycles. The van der Waals surface area contributed by atoms with E-state index in [1.54, 1.807) is 0 Å². The molecule has 0 spiro atoms. The van der Waals surface area contributed by atoms with Crippen molar-refractivity contribution in [1.29, 1.82) is 0 Å². The van der Waals surface area contributed by atoms with Crippen molar-refractivity contribution in [3.05, 3.63) is 154 Å². The van der Waals surface area contributed by atoms with E-state index in [0.29, 0.717) is 0 Å². The number of hydrogen-bond acceptors (Lipinski definition) is 9. The minimum absolute atomic E-state index is 0.0305. The molecule has 2 heterocycles. The van der Waals surface area contributed by atoms with Crippen LogP contribution in [0.4, 0.5) is 0 Å². The fraction of sp³-hybridized carbons (Fsp3) is 0.342. The third-order valence-electron chi connectivity index (χ3n) is 8.74. The van der Waals surface area contributed by atoms with Crippen molar-refractivity contribution in [2.24, 2.45) is 5.11 Å². The Morgan fingerprint density at radius 2 is 1.31 bits per heavy atom. The summed E-state index contributed by atoms with van der Waals surface area (Å²) in [6, 6.07) is 36.8. The van der Waals surface area contributed by atoms with E-state index in [0.717, 1.165) is 22.3 Å². The van der Waals surface area contributed by atoms with Crippen LogP contribution < -0.4 is 0 Å². The number of rotatable bonds is 15. The van der Waals surface area contributed by atoms with Gasteiger partial charge in [0.2, 0.25) is 0 Å². The molecule has 254 valence electrons. The van der Waals surface area contributed by atoms with Crippen molar-refractivity contribution in [3.63, 3.8) is 0 Å². The highest BCUT2D eigenvalue weighted by Gasteiger charge is 2.68. The first-order valence-corrected chi connectivity index (χ1v) is 16.2. The van der Waals surface area contributed by atoms with Crippen LogP contribution in [0.15, 0.2) is 126 Å². The number of nitrogens with zero attached hydrogens (tertiary/aromatic N) is 3. The van der Waals surface area contributed by atoms with E-state index in [1.165, 1.54) is 7.11 Å². The number of benzene rings is 4. The summed E-state index contributed by atoms with van der Waals surface area (Å²) in [6.07, 6.45) is -4.87. The summed E-state index contributed by atoms with van der Waals surface area (Å²) in [6.45, 7) is 0.630. The molecular weight excluding hydrogens is 626 g/mol. The van der Waals surface area contributed by atoms with Crippen molar-refractivity contribution in [2.75, 3.05) is 13.7 Å². The van der Waals surface area contributed by atoms with E-state index < -0.39 is 48.3 Å².